The van der Waals surface area contributed by atoms with Gasteiger partial charge in [-0.15, -0.1) is 0 Å². The van der Waals surface area contributed by atoms with E-state index in [0.717, 1.165) is 26.2 Å². The minimum atomic E-state index is -0.0295. The van der Waals surface area contributed by atoms with Crippen molar-refractivity contribution in [1.82, 2.24) is 9.80 Å². The number of carbonyl (C=O) groups excluding carboxylic acids is 1. The highest BCUT2D eigenvalue weighted by molar-refractivity contribution is 9.10. The van der Waals surface area contributed by atoms with Crippen LogP contribution in [0, 0.1) is 5.92 Å². The van der Waals surface area contributed by atoms with E-state index in [1.807, 2.05) is 4.90 Å². The molecule has 0 aromatic heterocycles. The summed E-state index contributed by atoms with van der Waals surface area (Å²) in [4.78, 5) is 16.5. The molecule has 0 aliphatic carbocycles. The quantitative estimate of drug-likeness (QED) is 0.742. The van der Waals surface area contributed by atoms with Crippen LogP contribution in [0.15, 0.2) is 0 Å². The summed E-state index contributed by atoms with van der Waals surface area (Å²) >= 11 is 3.48. The molecule has 16 heavy (non-hydrogen) atoms. The molecule has 0 aromatic carbocycles. The maximum absolute atomic E-state index is 12.1. The van der Waals surface area contributed by atoms with Gasteiger partial charge in [0.05, 0.1) is 4.83 Å². The summed E-state index contributed by atoms with van der Waals surface area (Å²) in [6, 6.07) is 0.585. The molecule has 1 rings (SSSR count). The van der Waals surface area contributed by atoms with Gasteiger partial charge in [0.1, 0.15) is 0 Å². The number of hydrogen-bond donors (Lipinski definition) is 0. The highest BCUT2D eigenvalue weighted by Crippen LogP contribution is 2.16. The van der Waals surface area contributed by atoms with E-state index in [1.54, 1.807) is 0 Å². The molecule has 0 spiro atoms. The summed E-state index contributed by atoms with van der Waals surface area (Å²) in [5.74, 6) is 0.606. The van der Waals surface area contributed by atoms with Crippen molar-refractivity contribution in [3.05, 3.63) is 0 Å². The Morgan fingerprint density at radius 3 is 1.94 bits per heavy atom. The van der Waals surface area contributed by atoms with Crippen molar-refractivity contribution >= 4 is 21.8 Å². The molecule has 1 unspecified atom stereocenters. The SMILES string of the molecule is CC(C)C(Br)C(=O)N1CCN(C(C)C)CC1. The molecule has 0 N–H and O–H groups in total. The van der Waals surface area contributed by atoms with Crippen molar-refractivity contribution in [3.63, 3.8) is 0 Å². The van der Waals surface area contributed by atoms with E-state index in [2.05, 4.69) is 48.5 Å². The van der Waals surface area contributed by atoms with Gasteiger partial charge in [0.15, 0.2) is 0 Å². The molecule has 1 atom stereocenters. The zero-order valence-electron chi connectivity index (χ0n) is 10.7. The third-order valence-corrected chi connectivity index (χ3v) is 4.63. The lowest BCUT2D eigenvalue weighted by molar-refractivity contribution is -0.133. The third kappa shape index (κ3) is 3.45. The first kappa shape index (κ1) is 14.0. The van der Waals surface area contributed by atoms with Gasteiger partial charge in [-0.1, -0.05) is 29.8 Å². The van der Waals surface area contributed by atoms with Crippen LogP contribution in [-0.4, -0.2) is 52.8 Å². The second-order valence-electron chi connectivity index (χ2n) is 5.10. The molecule has 94 valence electrons. The molecular formula is C12H23BrN2O. The van der Waals surface area contributed by atoms with Gasteiger partial charge >= 0.3 is 0 Å². The average molecular weight is 291 g/mol. The van der Waals surface area contributed by atoms with E-state index in [1.165, 1.54) is 0 Å². The summed E-state index contributed by atoms with van der Waals surface area (Å²) in [6.45, 7) is 12.3. The molecule has 4 heteroatoms. The monoisotopic (exact) mass is 290 g/mol. The van der Waals surface area contributed by atoms with Crippen LogP contribution in [0.25, 0.3) is 0 Å². The number of amides is 1. The van der Waals surface area contributed by atoms with E-state index in [4.69, 9.17) is 0 Å². The first-order valence-corrected chi connectivity index (χ1v) is 7.02. The number of piperazine rings is 1. The van der Waals surface area contributed by atoms with E-state index in [9.17, 15) is 4.79 Å². The minimum absolute atomic E-state index is 0.0295. The molecule has 1 fully saturated rings. The number of halogens is 1. The van der Waals surface area contributed by atoms with Crippen molar-refractivity contribution in [2.45, 2.75) is 38.6 Å². The molecule has 0 bridgehead atoms. The number of rotatable bonds is 3. The fourth-order valence-electron chi connectivity index (χ4n) is 1.92. The summed E-state index contributed by atoms with van der Waals surface area (Å²) < 4.78 is 0. The Bertz CT molecular complexity index is 235. The van der Waals surface area contributed by atoms with Gasteiger partial charge in [-0.25, -0.2) is 0 Å². The molecule has 3 nitrogen and oxygen atoms in total. The molecule has 1 aliphatic heterocycles. The maximum Gasteiger partial charge on any atom is 0.236 e. The Kier molecular flexibility index (Phi) is 5.25. The zero-order chi connectivity index (χ0) is 12.3. The first-order valence-electron chi connectivity index (χ1n) is 6.10. The van der Waals surface area contributed by atoms with Crippen molar-refractivity contribution in [3.8, 4) is 0 Å². The van der Waals surface area contributed by atoms with Crippen LogP contribution in [0.2, 0.25) is 0 Å². The summed E-state index contributed by atoms with van der Waals surface area (Å²) in [5, 5.41) is 0. The highest BCUT2D eigenvalue weighted by atomic mass is 79.9. The van der Waals surface area contributed by atoms with Gasteiger partial charge in [-0.3, -0.25) is 9.69 Å². The molecule has 1 aliphatic rings. The highest BCUT2D eigenvalue weighted by Gasteiger charge is 2.27. The Balaban J connectivity index is 2.45. The van der Waals surface area contributed by atoms with Crippen LogP contribution in [-0.2, 0) is 4.79 Å². The molecule has 0 aromatic rings. The normalized spacial score (nSPS) is 20.6. The van der Waals surface area contributed by atoms with Crippen LogP contribution >= 0.6 is 15.9 Å². The van der Waals surface area contributed by atoms with Crippen molar-refractivity contribution in [2.75, 3.05) is 26.2 Å². The number of hydrogen-bond acceptors (Lipinski definition) is 2. The molecule has 1 amide bonds. The number of carbonyl (C=O) groups is 1. The third-order valence-electron chi connectivity index (χ3n) is 3.18. The van der Waals surface area contributed by atoms with Crippen molar-refractivity contribution in [2.24, 2.45) is 5.92 Å². The van der Waals surface area contributed by atoms with E-state index in [0.29, 0.717) is 12.0 Å². The topological polar surface area (TPSA) is 23.6 Å². The van der Waals surface area contributed by atoms with Gasteiger partial charge in [0, 0.05) is 32.2 Å². The second kappa shape index (κ2) is 6.01. The standard InChI is InChI=1S/C12H23BrN2O/c1-9(2)11(13)12(16)15-7-5-14(6-8-15)10(3)4/h9-11H,5-8H2,1-4H3. The van der Waals surface area contributed by atoms with Crippen LogP contribution in [0.1, 0.15) is 27.7 Å². The lowest BCUT2D eigenvalue weighted by atomic mass is 10.1. The van der Waals surface area contributed by atoms with E-state index < -0.39 is 0 Å². The van der Waals surface area contributed by atoms with Crippen LogP contribution < -0.4 is 0 Å². The van der Waals surface area contributed by atoms with E-state index in [-0.39, 0.29) is 10.7 Å². The van der Waals surface area contributed by atoms with Crippen LogP contribution in [0.3, 0.4) is 0 Å². The number of alkyl halides is 1. The smallest absolute Gasteiger partial charge is 0.236 e. The van der Waals surface area contributed by atoms with Crippen molar-refractivity contribution < 1.29 is 4.79 Å². The largest absolute Gasteiger partial charge is 0.339 e. The molecule has 0 radical (unpaired) electrons. The minimum Gasteiger partial charge on any atom is -0.339 e. The van der Waals surface area contributed by atoms with Gasteiger partial charge < -0.3 is 4.90 Å². The summed E-state index contributed by atoms with van der Waals surface area (Å²) in [5.41, 5.74) is 0. The van der Waals surface area contributed by atoms with E-state index >= 15 is 0 Å². The second-order valence-corrected chi connectivity index (χ2v) is 6.09. The number of nitrogens with zero attached hydrogens (tertiary/aromatic N) is 2. The molecular weight excluding hydrogens is 268 g/mol. The summed E-state index contributed by atoms with van der Waals surface area (Å²) in [7, 11) is 0. The molecule has 1 saturated heterocycles. The zero-order valence-corrected chi connectivity index (χ0v) is 12.3. The predicted molar refractivity (Wildman–Crippen MR) is 70.8 cm³/mol. The fourth-order valence-corrected chi connectivity index (χ4v) is 2.21. The predicted octanol–water partition coefficient (Wildman–Crippen LogP) is 1.96. The van der Waals surface area contributed by atoms with Crippen LogP contribution in [0.4, 0.5) is 0 Å². The lowest BCUT2D eigenvalue weighted by Crippen LogP contribution is -2.52. The Morgan fingerprint density at radius 1 is 1.06 bits per heavy atom. The lowest BCUT2D eigenvalue weighted by Gasteiger charge is -2.38. The summed E-state index contributed by atoms with van der Waals surface area (Å²) in [6.07, 6.45) is 0. The Morgan fingerprint density at radius 2 is 1.56 bits per heavy atom. The first-order chi connectivity index (χ1) is 7.43. The maximum atomic E-state index is 12.1. The van der Waals surface area contributed by atoms with Crippen LogP contribution in [0.5, 0.6) is 0 Å². The van der Waals surface area contributed by atoms with Gasteiger partial charge in [0.2, 0.25) is 5.91 Å². The Hall–Kier alpha value is -0.0900. The van der Waals surface area contributed by atoms with Crippen molar-refractivity contribution in [1.29, 1.82) is 0 Å². The Labute approximate surface area is 107 Å². The van der Waals surface area contributed by atoms with Gasteiger partial charge in [0.25, 0.3) is 0 Å². The van der Waals surface area contributed by atoms with Gasteiger partial charge in [-0.05, 0) is 19.8 Å². The van der Waals surface area contributed by atoms with Gasteiger partial charge in [-0.2, -0.15) is 0 Å². The molecule has 0 saturated carbocycles. The fraction of sp³-hybridized carbons (Fsp3) is 0.917. The molecule has 1 heterocycles. The average Bonchev–Trinajstić information content (AvgIpc) is 2.27.